The van der Waals surface area contributed by atoms with E-state index in [0.717, 1.165) is 110 Å². The third kappa shape index (κ3) is 10.9. The van der Waals surface area contributed by atoms with Gasteiger partial charge in [-0.1, -0.05) is 53.4 Å². The van der Waals surface area contributed by atoms with Crippen LogP contribution >= 0.6 is 0 Å². The predicted octanol–water partition coefficient (Wildman–Crippen LogP) is 7.64. The number of benzene rings is 2. The number of aromatic hydroxyl groups is 2. The molecule has 0 atom stereocenters. The van der Waals surface area contributed by atoms with Crippen molar-refractivity contribution in [1.29, 1.82) is 0 Å². The number of ether oxygens (including phenoxy) is 2. The maximum atomic E-state index is 12.4. The first kappa shape index (κ1) is 32.2. The number of aryl methyl sites for hydroxylation is 4. The molecule has 0 aliphatic rings. The van der Waals surface area contributed by atoms with Crippen LogP contribution in [0.1, 0.15) is 119 Å². The number of hydrogen-bond donors (Lipinski definition) is 2. The molecule has 0 amide bonds. The van der Waals surface area contributed by atoms with Crippen LogP contribution in [0.15, 0.2) is 24.3 Å². The fourth-order valence-corrected chi connectivity index (χ4v) is 4.61. The van der Waals surface area contributed by atoms with Gasteiger partial charge in [-0.15, -0.1) is 0 Å². The second-order valence-electron chi connectivity index (χ2n) is 10.4. The summed E-state index contributed by atoms with van der Waals surface area (Å²) in [6.07, 6.45) is 10.6. The molecule has 0 aromatic heterocycles. The Bertz CT molecular complexity index is 917. The van der Waals surface area contributed by atoms with Crippen LogP contribution in [0.4, 0.5) is 0 Å². The topological polar surface area (TPSA) is 93.1 Å². The molecule has 2 rings (SSSR count). The van der Waals surface area contributed by atoms with Gasteiger partial charge in [0.1, 0.15) is 31.1 Å². The molecule has 6 heteroatoms. The van der Waals surface area contributed by atoms with E-state index in [-0.39, 0.29) is 13.2 Å². The Morgan fingerprint density at radius 3 is 1.10 bits per heavy atom. The number of esters is 2. The molecule has 216 valence electrons. The predicted molar refractivity (Wildman–Crippen MR) is 155 cm³/mol. The monoisotopic (exact) mass is 540 g/mol. The summed E-state index contributed by atoms with van der Waals surface area (Å²) in [6.45, 7) is 8.53. The van der Waals surface area contributed by atoms with Crippen molar-refractivity contribution in [2.24, 2.45) is 0 Å². The van der Waals surface area contributed by atoms with Crippen LogP contribution in [0.25, 0.3) is 0 Å². The maximum absolute atomic E-state index is 12.4. The largest absolute Gasteiger partial charge is 0.507 e. The van der Waals surface area contributed by atoms with E-state index in [1.165, 1.54) is 0 Å². The molecule has 0 saturated carbocycles. The second kappa shape index (κ2) is 17.5. The molecule has 0 spiro atoms. The molecule has 6 nitrogen and oxygen atoms in total. The van der Waals surface area contributed by atoms with Crippen LogP contribution in [0.5, 0.6) is 11.5 Å². The Morgan fingerprint density at radius 1 is 0.564 bits per heavy atom. The van der Waals surface area contributed by atoms with E-state index in [9.17, 15) is 19.8 Å². The van der Waals surface area contributed by atoms with Gasteiger partial charge in [-0.25, -0.2) is 0 Å². The van der Waals surface area contributed by atoms with Gasteiger partial charge in [-0.2, -0.15) is 0 Å². The number of unbranched alkanes of at least 4 members (excludes halogenated alkanes) is 4. The lowest BCUT2D eigenvalue weighted by molar-refractivity contribution is -0.156. The van der Waals surface area contributed by atoms with Crippen molar-refractivity contribution < 1.29 is 29.3 Å². The van der Waals surface area contributed by atoms with Gasteiger partial charge in [-0.3, -0.25) is 9.59 Å². The minimum atomic E-state index is -0.642. The molecular formula is C33H48O6. The number of carbonyl (C=O) groups excluding carboxylic acids is 2. The number of phenolic OH excluding ortho intramolecular Hbond substituents is 2. The van der Waals surface area contributed by atoms with Crippen molar-refractivity contribution in [2.75, 3.05) is 0 Å². The van der Waals surface area contributed by atoms with Crippen LogP contribution in [0.3, 0.4) is 0 Å². The highest BCUT2D eigenvalue weighted by Crippen LogP contribution is 2.29. The standard InChI is InChI=1S/C33H48O6/c1-5-9-13-26-17-24(18-27(32(26)36)14-10-6-2)22-38-30(34)21-31(35)39-23-25-19-28(15-11-7-3)33(37)29(20-25)16-12-8-4/h17-20,36-37H,5-16,21-23H2,1-4H3. The molecule has 39 heavy (non-hydrogen) atoms. The first-order valence-electron chi connectivity index (χ1n) is 14.8. The summed E-state index contributed by atoms with van der Waals surface area (Å²) in [5.74, 6) is -0.589. The number of carbonyl (C=O) groups is 2. The van der Waals surface area contributed by atoms with Gasteiger partial charge in [0.25, 0.3) is 0 Å². The normalized spacial score (nSPS) is 11.0. The molecular weight excluding hydrogens is 492 g/mol. The molecule has 0 fully saturated rings. The van der Waals surface area contributed by atoms with Crippen molar-refractivity contribution in [3.05, 3.63) is 57.6 Å². The highest BCUT2D eigenvalue weighted by molar-refractivity contribution is 5.91. The zero-order chi connectivity index (χ0) is 28.6. The fourth-order valence-electron chi connectivity index (χ4n) is 4.61. The first-order chi connectivity index (χ1) is 18.8. The van der Waals surface area contributed by atoms with Crippen LogP contribution in [-0.2, 0) is 58.0 Å². The van der Waals surface area contributed by atoms with Crippen LogP contribution in [-0.4, -0.2) is 22.2 Å². The molecule has 0 bridgehead atoms. The molecule has 2 aromatic carbocycles. The smallest absolute Gasteiger partial charge is 0.317 e. The second-order valence-corrected chi connectivity index (χ2v) is 10.4. The minimum Gasteiger partial charge on any atom is -0.507 e. The molecule has 0 aliphatic heterocycles. The Labute approximate surface area is 234 Å². The van der Waals surface area contributed by atoms with E-state index in [4.69, 9.17) is 9.47 Å². The summed E-state index contributed by atoms with van der Waals surface area (Å²) in [6, 6.07) is 7.57. The van der Waals surface area contributed by atoms with Gasteiger partial charge in [0.15, 0.2) is 0 Å². The molecule has 0 aliphatic carbocycles. The Kier molecular flexibility index (Phi) is 14.5. The number of hydrogen-bond acceptors (Lipinski definition) is 6. The lowest BCUT2D eigenvalue weighted by Gasteiger charge is -2.14. The van der Waals surface area contributed by atoms with Crippen LogP contribution in [0, 0.1) is 0 Å². The summed E-state index contributed by atoms with van der Waals surface area (Å²) in [7, 11) is 0. The quantitative estimate of drug-likeness (QED) is 0.149. The van der Waals surface area contributed by atoms with Crippen LogP contribution < -0.4 is 0 Å². The highest BCUT2D eigenvalue weighted by atomic mass is 16.6. The van der Waals surface area contributed by atoms with Crippen LogP contribution in [0.2, 0.25) is 0 Å². The SMILES string of the molecule is CCCCc1cc(COC(=O)CC(=O)OCc2cc(CCCC)c(O)c(CCCC)c2)cc(CCCC)c1O. The Hall–Kier alpha value is -3.02. The molecule has 2 aromatic rings. The first-order valence-corrected chi connectivity index (χ1v) is 14.8. The average Bonchev–Trinajstić information content (AvgIpc) is 2.93. The molecule has 0 radical (unpaired) electrons. The highest BCUT2D eigenvalue weighted by Gasteiger charge is 2.16. The summed E-state index contributed by atoms with van der Waals surface area (Å²) in [5.41, 5.74) is 5.13. The van der Waals surface area contributed by atoms with Crippen molar-refractivity contribution >= 4 is 11.9 Å². The molecule has 0 unspecified atom stereocenters. The molecule has 0 saturated heterocycles. The lowest BCUT2D eigenvalue weighted by Crippen LogP contribution is -2.14. The van der Waals surface area contributed by atoms with Crippen molar-refractivity contribution in [1.82, 2.24) is 0 Å². The van der Waals surface area contributed by atoms with E-state index in [0.29, 0.717) is 11.5 Å². The van der Waals surface area contributed by atoms with E-state index in [2.05, 4.69) is 27.7 Å². The molecule has 2 N–H and O–H groups in total. The van der Waals surface area contributed by atoms with Gasteiger partial charge in [0.05, 0.1) is 0 Å². The fraction of sp³-hybridized carbons (Fsp3) is 0.576. The number of rotatable bonds is 18. The summed E-state index contributed by atoms with van der Waals surface area (Å²) < 4.78 is 10.8. The third-order valence-corrected chi connectivity index (χ3v) is 6.94. The Balaban J connectivity index is 1.98. The minimum absolute atomic E-state index is 0.0458. The van der Waals surface area contributed by atoms with Gasteiger partial charge in [0, 0.05) is 0 Å². The maximum Gasteiger partial charge on any atom is 0.317 e. The van der Waals surface area contributed by atoms with Gasteiger partial charge >= 0.3 is 11.9 Å². The van der Waals surface area contributed by atoms with E-state index in [1.54, 1.807) is 0 Å². The summed E-state index contributed by atoms with van der Waals surface area (Å²) >= 11 is 0. The van der Waals surface area contributed by atoms with Gasteiger partial charge in [0.2, 0.25) is 0 Å². The third-order valence-electron chi connectivity index (χ3n) is 6.94. The van der Waals surface area contributed by atoms with Gasteiger partial charge in [-0.05, 0) is 109 Å². The van der Waals surface area contributed by atoms with Gasteiger partial charge < -0.3 is 19.7 Å². The van der Waals surface area contributed by atoms with Crippen molar-refractivity contribution in [3.63, 3.8) is 0 Å². The summed E-state index contributed by atoms with van der Waals surface area (Å²) in [5, 5.41) is 21.3. The summed E-state index contributed by atoms with van der Waals surface area (Å²) in [4.78, 5) is 24.8. The van der Waals surface area contributed by atoms with Crippen molar-refractivity contribution in [2.45, 2.75) is 124 Å². The van der Waals surface area contributed by atoms with E-state index in [1.807, 2.05) is 24.3 Å². The number of phenols is 2. The van der Waals surface area contributed by atoms with E-state index >= 15 is 0 Å². The lowest BCUT2D eigenvalue weighted by atomic mass is 9.97. The average molecular weight is 541 g/mol. The zero-order valence-corrected chi connectivity index (χ0v) is 24.4. The van der Waals surface area contributed by atoms with Crippen molar-refractivity contribution in [3.8, 4) is 11.5 Å². The zero-order valence-electron chi connectivity index (χ0n) is 24.4. The Morgan fingerprint density at radius 2 is 0.846 bits per heavy atom. The van der Waals surface area contributed by atoms with E-state index < -0.39 is 18.4 Å². The molecule has 0 heterocycles.